The van der Waals surface area contributed by atoms with Crippen LogP contribution in [0.3, 0.4) is 0 Å². The Morgan fingerprint density at radius 1 is 1.42 bits per heavy atom. The Morgan fingerprint density at radius 3 is 2.79 bits per heavy atom. The molecule has 3 heterocycles. The Bertz CT molecular complexity index is 766. The summed E-state index contributed by atoms with van der Waals surface area (Å²) in [6.45, 7) is 6.58. The number of esters is 1. The van der Waals surface area contributed by atoms with Crippen LogP contribution in [0.25, 0.3) is 0 Å². The molecule has 0 spiro atoms. The quantitative estimate of drug-likeness (QED) is 0.744. The highest BCUT2D eigenvalue weighted by Gasteiger charge is 2.53. The Balaban J connectivity index is 2.00. The van der Waals surface area contributed by atoms with Gasteiger partial charge in [0.1, 0.15) is 12.2 Å². The lowest BCUT2D eigenvalue weighted by Crippen LogP contribution is -2.51. The smallest absolute Gasteiger partial charge is 0.330 e. The van der Waals surface area contributed by atoms with E-state index in [1.807, 2.05) is 0 Å². The molecule has 9 heteroatoms. The first-order chi connectivity index (χ1) is 11.2. The molecule has 2 aliphatic rings. The molecule has 2 saturated heterocycles. The van der Waals surface area contributed by atoms with Crippen molar-refractivity contribution < 1.29 is 23.7 Å². The molecule has 24 heavy (non-hydrogen) atoms. The van der Waals surface area contributed by atoms with Crippen molar-refractivity contribution in [3.05, 3.63) is 32.6 Å². The maximum Gasteiger partial charge on any atom is 0.330 e. The first-order valence-corrected chi connectivity index (χ1v) is 7.64. The SMILES string of the molecule is CC(=O)O[C@@H]1[C@H]2OC(C)(C)OC[C@H]2O[C@H]1n1cc(C)c(=O)[nH]c1=O. The minimum atomic E-state index is -0.913. The summed E-state index contributed by atoms with van der Waals surface area (Å²) in [4.78, 5) is 37.4. The zero-order valence-corrected chi connectivity index (χ0v) is 13.9. The lowest BCUT2D eigenvalue weighted by Gasteiger charge is -2.38. The molecule has 1 N–H and O–H groups in total. The van der Waals surface area contributed by atoms with Crippen LogP contribution in [0.5, 0.6) is 0 Å². The summed E-state index contributed by atoms with van der Waals surface area (Å²) < 4.78 is 23.8. The van der Waals surface area contributed by atoms with Crippen molar-refractivity contribution in [1.82, 2.24) is 9.55 Å². The van der Waals surface area contributed by atoms with Crippen LogP contribution in [-0.4, -0.2) is 46.2 Å². The normalized spacial score (nSPS) is 31.5. The second-order valence-corrected chi connectivity index (χ2v) is 6.41. The maximum absolute atomic E-state index is 12.2. The van der Waals surface area contributed by atoms with Crippen LogP contribution in [0.1, 0.15) is 32.6 Å². The molecule has 0 aromatic carbocycles. The zero-order valence-electron chi connectivity index (χ0n) is 13.9. The Kier molecular flexibility index (Phi) is 4.10. The van der Waals surface area contributed by atoms with Crippen LogP contribution in [0.15, 0.2) is 15.8 Å². The summed E-state index contributed by atoms with van der Waals surface area (Å²) in [5.41, 5.74) is -0.782. The number of nitrogens with zero attached hydrogens (tertiary/aromatic N) is 1. The number of rotatable bonds is 2. The molecule has 0 saturated carbocycles. The number of ether oxygens (including phenoxy) is 4. The molecule has 0 bridgehead atoms. The minimum absolute atomic E-state index is 0.239. The number of aryl methyl sites for hydroxylation is 1. The van der Waals surface area contributed by atoms with E-state index in [0.717, 1.165) is 0 Å². The molecule has 132 valence electrons. The number of aromatic nitrogens is 2. The third-order valence-electron chi connectivity index (χ3n) is 4.02. The minimum Gasteiger partial charge on any atom is -0.455 e. The first-order valence-electron chi connectivity index (χ1n) is 7.64. The molecule has 0 unspecified atom stereocenters. The van der Waals surface area contributed by atoms with Crippen molar-refractivity contribution in [1.29, 1.82) is 0 Å². The number of aromatic amines is 1. The number of carbonyl (C=O) groups is 1. The number of nitrogens with one attached hydrogen (secondary N) is 1. The van der Waals surface area contributed by atoms with Crippen molar-refractivity contribution in [2.75, 3.05) is 6.61 Å². The second-order valence-electron chi connectivity index (χ2n) is 6.41. The van der Waals surface area contributed by atoms with Crippen molar-refractivity contribution >= 4 is 5.97 Å². The largest absolute Gasteiger partial charge is 0.455 e. The first kappa shape index (κ1) is 16.9. The van der Waals surface area contributed by atoms with Crippen molar-refractivity contribution in [3.63, 3.8) is 0 Å². The van der Waals surface area contributed by atoms with Gasteiger partial charge in [0.2, 0.25) is 0 Å². The molecule has 1 aromatic heterocycles. The average Bonchev–Trinajstić information content (AvgIpc) is 2.79. The molecule has 0 amide bonds. The molecule has 0 radical (unpaired) electrons. The van der Waals surface area contributed by atoms with Gasteiger partial charge in [-0.1, -0.05) is 0 Å². The predicted octanol–water partition coefficient (Wildman–Crippen LogP) is -0.174. The number of carbonyl (C=O) groups excluding carboxylic acids is 1. The van der Waals surface area contributed by atoms with E-state index in [0.29, 0.717) is 5.56 Å². The highest BCUT2D eigenvalue weighted by Crippen LogP contribution is 2.38. The van der Waals surface area contributed by atoms with Crippen molar-refractivity contribution in [2.24, 2.45) is 0 Å². The Hall–Kier alpha value is -1.97. The molecular formula is C15H20N2O7. The van der Waals surface area contributed by atoms with Crippen LogP contribution in [0.2, 0.25) is 0 Å². The summed E-state index contributed by atoms with van der Waals surface area (Å²) in [5, 5.41) is 0. The summed E-state index contributed by atoms with van der Waals surface area (Å²) in [6.07, 6.45) is -1.44. The van der Waals surface area contributed by atoms with Crippen LogP contribution in [0, 0.1) is 6.92 Å². The van der Waals surface area contributed by atoms with E-state index in [9.17, 15) is 14.4 Å². The molecule has 0 aliphatic carbocycles. The Labute approximate surface area is 137 Å². The topological polar surface area (TPSA) is 109 Å². The molecule has 2 aliphatic heterocycles. The lowest BCUT2D eigenvalue weighted by molar-refractivity contribution is -0.300. The summed E-state index contributed by atoms with van der Waals surface area (Å²) in [5.74, 6) is -1.37. The predicted molar refractivity (Wildman–Crippen MR) is 80.4 cm³/mol. The fraction of sp³-hybridized carbons (Fsp3) is 0.667. The molecule has 3 rings (SSSR count). The zero-order chi connectivity index (χ0) is 17.6. The molecule has 9 nitrogen and oxygen atoms in total. The fourth-order valence-corrected chi connectivity index (χ4v) is 2.95. The molecular weight excluding hydrogens is 320 g/mol. The van der Waals surface area contributed by atoms with E-state index in [2.05, 4.69) is 4.98 Å². The van der Waals surface area contributed by atoms with Gasteiger partial charge >= 0.3 is 11.7 Å². The maximum atomic E-state index is 12.2. The van der Waals surface area contributed by atoms with Crippen molar-refractivity contribution in [2.45, 2.75) is 58.0 Å². The van der Waals surface area contributed by atoms with E-state index in [4.69, 9.17) is 18.9 Å². The average molecular weight is 340 g/mol. The van der Waals surface area contributed by atoms with E-state index < -0.39 is 47.5 Å². The fourth-order valence-electron chi connectivity index (χ4n) is 2.95. The third-order valence-corrected chi connectivity index (χ3v) is 4.02. The van der Waals surface area contributed by atoms with Crippen LogP contribution < -0.4 is 11.2 Å². The molecule has 4 atom stereocenters. The van der Waals surface area contributed by atoms with E-state index >= 15 is 0 Å². The van der Waals surface area contributed by atoms with E-state index in [1.54, 1.807) is 20.8 Å². The van der Waals surface area contributed by atoms with Crippen molar-refractivity contribution in [3.8, 4) is 0 Å². The number of hydrogen-bond donors (Lipinski definition) is 1. The monoisotopic (exact) mass is 340 g/mol. The van der Waals surface area contributed by atoms with Crippen LogP contribution >= 0.6 is 0 Å². The summed E-state index contributed by atoms with van der Waals surface area (Å²) in [7, 11) is 0. The molecule has 1 aromatic rings. The standard InChI is InChI=1S/C15H20N2O7/c1-7-5-17(14(20)16-12(7)19)13-11(22-8(2)18)10-9(23-13)6-21-15(3,4)24-10/h5,9-11,13H,6H2,1-4H3,(H,16,19,20)/t9-,10+,11-,13-/m1/s1. The van der Waals surface area contributed by atoms with E-state index in [1.165, 1.54) is 17.7 Å². The van der Waals surface area contributed by atoms with Gasteiger partial charge in [0.05, 0.1) is 6.61 Å². The van der Waals surface area contributed by atoms with Crippen LogP contribution in [-0.2, 0) is 23.7 Å². The number of H-pyrrole nitrogens is 1. The third kappa shape index (κ3) is 3.02. The lowest BCUT2D eigenvalue weighted by atomic mass is 10.1. The number of fused-ring (bicyclic) bond motifs is 1. The Morgan fingerprint density at radius 2 is 2.12 bits per heavy atom. The number of hydrogen-bond acceptors (Lipinski definition) is 7. The van der Waals surface area contributed by atoms with Gasteiger partial charge in [0.15, 0.2) is 18.1 Å². The molecule has 2 fully saturated rings. The van der Waals surface area contributed by atoms with Gasteiger partial charge in [-0.2, -0.15) is 0 Å². The highest BCUT2D eigenvalue weighted by atomic mass is 16.7. The van der Waals surface area contributed by atoms with Gasteiger partial charge in [0.25, 0.3) is 5.56 Å². The summed E-state index contributed by atoms with van der Waals surface area (Å²) >= 11 is 0. The van der Waals surface area contributed by atoms with Gasteiger partial charge < -0.3 is 18.9 Å². The van der Waals surface area contributed by atoms with Gasteiger partial charge in [-0.05, 0) is 20.8 Å². The summed E-state index contributed by atoms with van der Waals surface area (Å²) in [6, 6.07) is 0. The van der Waals surface area contributed by atoms with Crippen LogP contribution in [0.4, 0.5) is 0 Å². The van der Waals surface area contributed by atoms with Gasteiger partial charge in [-0.3, -0.25) is 19.1 Å². The second kappa shape index (κ2) is 5.83. The van der Waals surface area contributed by atoms with Gasteiger partial charge in [-0.25, -0.2) is 4.79 Å². The van der Waals surface area contributed by atoms with Gasteiger partial charge in [-0.15, -0.1) is 0 Å². The highest BCUT2D eigenvalue weighted by molar-refractivity contribution is 5.66. The van der Waals surface area contributed by atoms with E-state index in [-0.39, 0.29) is 6.61 Å². The van der Waals surface area contributed by atoms with Gasteiger partial charge in [0, 0.05) is 18.7 Å².